The summed E-state index contributed by atoms with van der Waals surface area (Å²) in [6.07, 6.45) is -0.608. The molecule has 43 heavy (non-hydrogen) atoms. The van der Waals surface area contributed by atoms with Gasteiger partial charge in [-0.3, -0.25) is 23.7 Å². The maximum absolute atomic E-state index is 13.7. The minimum Gasteiger partial charge on any atom is -0.444 e. The zero-order chi connectivity index (χ0) is 30.9. The Morgan fingerprint density at radius 2 is 1.91 bits per heavy atom. The molecular weight excluding hydrogens is 567 g/mol. The van der Waals surface area contributed by atoms with Gasteiger partial charge < -0.3 is 19.6 Å². The number of piperidine rings is 1. The van der Waals surface area contributed by atoms with Gasteiger partial charge in [0.2, 0.25) is 6.35 Å². The Bertz CT molecular complexity index is 1460. The lowest BCUT2D eigenvalue weighted by Crippen LogP contribution is -2.56. The number of halogens is 3. The quantitative estimate of drug-likeness (QED) is 0.370. The molecule has 2 aliphatic rings. The smallest absolute Gasteiger partial charge is 0.416 e. The first-order chi connectivity index (χ1) is 20.5. The van der Waals surface area contributed by atoms with Crippen molar-refractivity contribution in [2.24, 2.45) is 5.92 Å². The van der Waals surface area contributed by atoms with E-state index in [0.29, 0.717) is 43.5 Å². The summed E-state index contributed by atoms with van der Waals surface area (Å²) in [4.78, 5) is 36.5. The van der Waals surface area contributed by atoms with Crippen molar-refractivity contribution in [2.45, 2.75) is 58.9 Å². The van der Waals surface area contributed by atoms with Gasteiger partial charge in [0, 0.05) is 19.3 Å². The van der Waals surface area contributed by atoms with Crippen LogP contribution in [0.2, 0.25) is 0 Å². The number of benzene rings is 1. The van der Waals surface area contributed by atoms with E-state index in [9.17, 15) is 27.9 Å². The second-order valence-corrected chi connectivity index (χ2v) is 11.0. The third-order valence-electron chi connectivity index (χ3n) is 7.93. The zero-order valence-corrected chi connectivity index (χ0v) is 24.4. The van der Waals surface area contributed by atoms with Crippen LogP contribution in [0.4, 0.5) is 19.0 Å². The topological polar surface area (TPSA) is 109 Å². The molecule has 4 heterocycles. The van der Waals surface area contributed by atoms with Crippen molar-refractivity contribution in [3.05, 3.63) is 53.5 Å². The van der Waals surface area contributed by atoms with Crippen LogP contribution in [-0.2, 0) is 29.0 Å². The minimum atomic E-state index is -4.46. The molecule has 0 saturated carbocycles. The number of aromatic nitrogens is 4. The molecule has 1 atom stereocenters. The van der Waals surface area contributed by atoms with Crippen molar-refractivity contribution < 1.29 is 32.6 Å². The fraction of sp³-hybridized carbons (Fsp3) is 0.517. The lowest BCUT2D eigenvalue weighted by molar-refractivity contribution is -0.154. The molecule has 1 amide bonds. The summed E-state index contributed by atoms with van der Waals surface area (Å²) in [6.45, 7) is 5.74. The molecule has 0 radical (unpaired) electrons. The lowest BCUT2D eigenvalue weighted by Gasteiger charge is -2.40. The third kappa shape index (κ3) is 6.25. The number of ether oxygens (including phenoxy) is 1. The highest BCUT2D eigenvalue weighted by atomic mass is 19.4. The van der Waals surface area contributed by atoms with Gasteiger partial charge in [-0.25, -0.2) is 4.98 Å². The third-order valence-corrected chi connectivity index (χ3v) is 7.93. The summed E-state index contributed by atoms with van der Waals surface area (Å²) in [5.74, 6) is -0.519. The average molecular weight is 604 g/mol. The predicted octanol–water partition coefficient (Wildman–Crippen LogP) is 3.62. The number of alkyl halides is 3. The number of aliphatic hydroxyl groups is 1. The van der Waals surface area contributed by atoms with Crippen molar-refractivity contribution in [3.63, 3.8) is 0 Å². The van der Waals surface area contributed by atoms with E-state index in [1.165, 1.54) is 26.4 Å². The van der Waals surface area contributed by atoms with Crippen molar-refractivity contribution in [1.29, 1.82) is 0 Å². The van der Waals surface area contributed by atoms with Gasteiger partial charge in [0.25, 0.3) is 5.91 Å². The molecule has 1 aromatic carbocycles. The molecule has 0 bridgehead atoms. The number of anilines is 1. The van der Waals surface area contributed by atoms with Crippen LogP contribution in [-0.4, -0.2) is 85.7 Å². The number of carbonyl (C=O) groups is 2. The molecule has 2 aromatic heterocycles. The number of nitrogens with zero attached hydrogens (tertiary/aromatic N) is 7. The molecule has 14 heteroatoms. The van der Waals surface area contributed by atoms with Crippen LogP contribution >= 0.6 is 0 Å². The van der Waals surface area contributed by atoms with Crippen LogP contribution in [0.5, 0.6) is 0 Å². The number of amides is 1. The second kappa shape index (κ2) is 12.4. The van der Waals surface area contributed by atoms with Crippen LogP contribution in [0.3, 0.4) is 0 Å². The van der Waals surface area contributed by atoms with Gasteiger partial charge in [-0.2, -0.15) is 18.3 Å². The van der Waals surface area contributed by atoms with Gasteiger partial charge in [0.05, 0.1) is 29.8 Å². The summed E-state index contributed by atoms with van der Waals surface area (Å²) < 4.78 is 48.4. The Hall–Kier alpha value is -3.91. The van der Waals surface area contributed by atoms with Gasteiger partial charge in [0.1, 0.15) is 5.82 Å². The number of carbonyl (C=O) groups excluding carboxylic acids is 2. The Kier molecular flexibility index (Phi) is 8.79. The summed E-state index contributed by atoms with van der Waals surface area (Å²) >= 11 is 0. The normalized spacial score (nSPS) is 18.3. The Morgan fingerprint density at radius 1 is 1.16 bits per heavy atom. The van der Waals surface area contributed by atoms with E-state index in [1.807, 2.05) is 20.9 Å². The monoisotopic (exact) mass is 603 g/mol. The maximum atomic E-state index is 13.7. The van der Waals surface area contributed by atoms with Crippen LogP contribution < -0.4 is 4.90 Å². The van der Waals surface area contributed by atoms with E-state index in [-0.39, 0.29) is 42.5 Å². The Morgan fingerprint density at radius 3 is 2.58 bits per heavy atom. The van der Waals surface area contributed by atoms with Gasteiger partial charge in [0.15, 0.2) is 18.2 Å². The molecule has 2 aliphatic heterocycles. The molecule has 5 rings (SSSR count). The molecular formula is C29H36F3N7O4. The molecule has 3 aromatic rings. The van der Waals surface area contributed by atoms with Crippen LogP contribution in [0.15, 0.2) is 36.7 Å². The SMILES string of the molecule is CCCN1C(=O)c2c(nc(-c3cnn(Cc4cccc(C(F)(F)F)c4)c3)n2COC(=O)C2CCN(C)CC2)N(CC)C1O. The van der Waals surface area contributed by atoms with E-state index >= 15 is 0 Å². The largest absolute Gasteiger partial charge is 0.444 e. The molecule has 11 nitrogen and oxygen atoms in total. The molecule has 1 fully saturated rings. The predicted molar refractivity (Wildman–Crippen MR) is 151 cm³/mol. The van der Waals surface area contributed by atoms with E-state index in [4.69, 9.17) is 9.72 Å². The van der Waals surface area contributed by atoms with Gasteiger partial charge in [-0.1, -0.05) is 19.1 Å². The molecule has 1 saturated heterocycles. The highest BCUT2D eigenvalue weighted by Crippen LogP contribution is 2.35. The fourth-order valence-corrected chi connectivity index (χ4v) is 5.58. The van der Waals surface area contributed by atoms with Crippen LogP contribution in [0.1, 0.15) is 54.7 Å². The van der Waals surface area contributed by atoms with E-state index in [2.05, 4.69) is 10.00 Å². The maximum Gasteiger partial charge on any atom is 0.416 e. The molecule has 1 unspecified atom stereocenters. The first-order valence-electron chi connectivity index (χ1n) is 14.4. The van der Waals surface area contributed by atoms with E-state index < -0.39 is 24.0 Å². The summed E-state index contributed by atoms with van der Waals surface area (Å²) in [7, 11) is 2.00. The van der Waals surface area contributed by atoms with Crippen molar-refractivity contribution in [2.75, 3.05) is 38.1 Å². The van der Waals surface area contributed by atoms with Crippen molar-refractivity contribution in [3.8, 4) is 11.4 Å². The second-order valence-electron chi connectivity index (χ2n) is 11.0. The molecule has 232 valence electrons. The Balaban J connectivity index is 1.49. The first kappa shape index (κ1) is 30.5. The number of rotatable bonds is 9. The number of fused-ring (bicyclic) bond motifs is 1. The highest BCUT2D eigenvalue weighted by molar-refractivity contribution is 6.00. The van der Waals surface area contributed by atoms with Gasteiger partial charge in [-0.05, 0) is 64.0 Å². The number of hydrogen-bond donors (Lipinski definition) is 1. The molecule has 0 aliphatic carbocycles. The van der Waals surface area contributed by atoms with E-state index in [1.54, 1.807) is 17.2 Å². The standard InChI is InChI=1S/C29H36F3N7O4/c1-4-11-38-26(40)23-25(37(5-2)28(38)42)34-24(39(23)18-43-27(41)20-9-12-35(3)13-10-20)21-15-33-36(17-21)16-19-7-6-8-22(14-19)29(30,31)32/h6-8,14-15,17,20,28,42H,4-5,9-13,16,18H2,1-3H3. The number of aliphatic hydroxyl groups excluding tert-OH is 1. The summed E-state index contributed by atoms with van der Waals surface area (Å²) in [6, 6.07) is 5.02. The number of likely N-dealkylation sites (tertiary alicyclic amines) is 1. The van der Waals surface area contributed by atoms with Crippen molar-refractivity contribution >= 4 is 17.7 Å². The molecule has 1 N–H and O–H groups in total. The zero-order valence-electron chi connectivity index (χ0n) is 24.4. The minimum absolute atomic E-state index is 0.0679. The lowest BCUT2D eigenvalue weighted by atomic mass is 9.97. The van der Waals surface area contributed by atoms with Crippen LogP contribution in [0, 0.1) is 5.92 Å². The fourth-order valence-electron chi connectivity index (χ4n) is 5.58. The van der Waals surface area contributed by atoms with E-state index in [0.717, 1.165) is 25.2 Å². The highest BCUT2D eigenvalue weighted by Gasteiger charge is 2.41. The van der Waals surface area contributed by atoms with Gasteiger partial charge in [-0.15, -0.1) is 0 Å². The number of imidazole rings is 1. The van der Waals surface area contributed by atoms with Crippen molar-refractivity contribution in [1.82, 2.24) is 29.1 Å². The summed E-state index contributed by atoms with van der Waals surface area (Å²) in [5.41, 5.74) is 0.305. The number of hydrogen-bond acceptors (Lipinski definition) is 8. The molecule has 0 spiro atoms. The van der Waals surface area contributed by atoms with Crippen LogP contribution in [0.25, 0.3) is 11.4 Å². The summed E-state index contributed by atoms with van der Waals surface area (Å²) in [5, 5.41) is 15.3. The van der Waals surface area contributed by atoms with Gasteiger partial charge >= 0.3 is 12.1 Å². The Labute approximate surface area is 247 Å². The average Bonchev–Trinajstić information content (AvgIpc) is 3.59. The number of esters is 1. The first-order valence-corrected chi connectivity index (χ1v) is 14.4.